The first kappa shape index (κ1) is 18.4. The van der Waals surface area contributed by atoms with Gasteiger partial charge in [0.15, 0.2) is 0 Å². The minimum Gasteiger partial charge on any atom is -0.355 e. The lowest BCUT2D eigenvalue weighted by Crippen LogP contribution is -2.45. The Labute approximate surface area is 144 Å². The average Bonchev–Trinajstić information content (AvgIpc) is 2.53. The number of anilines is 1. The summed E-state index contributed by atoms with van der Waals surface area (Å²) in [7, 11) is 0. The summed E-state index contributed by atoms with van der Waals surface area (Å²) in [6.45, 7) is 8.57. The van der Waals surface area contributed by atoms with E-state index in [9.17, 15) is 9.59 Å². The number of rotatable bonds is 6. The third-order valence-corrected chi connectivity index (χ3v) is 4.09. The fraction of sp³-hybridized carbons (Fsp3) is 0.611. The van der Waals surface area contributed by atoms with E-state index in [-0.39, 0.29) is 17.7 Å². The number of aryl methyl sites for hydroxylation is 1. The molecule has 0 spiro atoms. The van der Waals surface area contributed by atoms with Crippen molar-refractivity contribution >= 4 is 17.6 Å². The van der Waals surface area contributed by atoms with Gasteiger partial charge in [0.2, 0.25) is 11.8 Å². The molecule has 0 aliphatic carbocycles. The van der Waals surface area contributed by atoms with Gasteiger partial charge in [-0.25, -0.2) is 4.98 Å². The van der Waals surface area contributed by atoms with Crippen molar-refractivity contribution in [2.24, 2.45) is 11.8 Å². The second kappa shape index (κ2) is 8.78. The Morgan fingerprint density at radius 1 is 1.38 bits per heavy atom. The normalized spacial score (nSPS) is 18.4. The quantitative estimate of drug-likeness (QED) is 0.833. The lowest BCUT2D eigenvalue weighted by atomic mass is 9.97. The first-order valence-corrected chi connectivity index (χ1v) is 8.67. The number of carbonyl (C=O) groups excluding carboxylic acids is 2. The first-order valence-electron chi connectivity index (χ1n) is 8.67. The van der Waals surface area contributed by atoms with Crippen molar-refractivity contribution in [3.63, 3.8) is 0 Å². The van der Waals surface area contributed by atoms with Gasteiger partial charge in [-0.1, -0.05) is 19.9 Å². The second-order valence-corrected chi connectivity index (χ2v) is 6.93. The van der Waals surface area contributed by atoms with E-state index in [1.165, 1.54) is 0 Å². The fourth-order valence-electron chi connectivity index (χ4n) is 2.83. The monoisotopic (exact) mass is 332 g/mol. The minimum absolute atomic E-state index is 0.0135. The molecule has 0 radical (unpaired) electrons. The molecule has 1 aliphatic rings. The highest BCUT2D eigenvalue weighted by Crippen LogP contribution is 2.18. The SMILES string of the molecule is Cc1cccc(NC(=O)[C@@H]2CCCN(CC(=O)NCC(C)C)C2)n1. The van der Waals surface area contributed by atoms with E-state index >= 15 is 0 Å². The van der Waals surface area contributed by atoms with Crippen LogP contribution in [-0.4, -0.2) is 47.9 Å². The third kappa shape index (κ3) is 5.92. The van der Waals surface area contributed by atoms with Crippen molar-refractivity contribution in [3.05, 3.63) is 23.9 Å². The van der Waals surface area contributed by atoms with E-state index < -0.39 is 0 Å². The Balaban J connectivity index is 1.83. The van der Waals surface area contributed by atoms with Crippen molar-refractivity contribution in [1.82, 2.24) is 15.2 Å². The molecule has 1 aromatic heterocycles. The predicted octanol–water partition coefficient (Wildman–Crippen LogP) is 1.81. The number of nitrogens with one attached hydrogen (secondary N) is 2. The van der Waals surface area contributed by atoms with Crippen LogP contribution in [0.2, 0.25) is 0 Å². The molecule has 0 unspecified atom stereocenters. The third-order valence-electron chi connectivity index (χ3n) is 4.09. The number of aromatic nitrogens is 1. The summed E-state index contributed by atoms with van der Waals surface area (Å²) >= 11 is 0. The molecular formula is C18H28N4O2. The van der Waals surface area contributed by atoms with Crippen LogP contribution in [0.5, 0.6) is 0 Å². The Morgan fingerprint density at radius 2 is 2.17 bits per heavy atom. The molecule has 1 aliphatic heterocycles. The Morgan fingerprint density at radius 3 is 2.88 bits per heavy atom. The smallest absolute Gasteiger partial charge is 0.234 e. The largest absolute Gasteiger partial charge is 0.355 e. The van der Waals surface area contributed by atoms with Crippen LogP contribution in [0.4, 0.5) is 5.82 Å². The van der Waals surface area contributed by atoms with Gasteiger partial charge in [0.05, 0.1) is 12.5 Å². The predicted molar refractivity (Wildman–Crippen MR) is 94.6 cm³/mol. The van der Waals surface area contributed by atoms with Gasteiger partial charge in [0, 0.05) is 18.8 Å². The number of hydrogen-bond acceptors (Lipinski definition) is 4. The molecule has 2 amide bonds. The molecule has 0 bridgehead atoms. The summed E-state index contributed by atoms with van der Waals surface area (Å²) in [4.78, 5) is 30.8. The van der Waals surface area contributed by atoms with Crippen LogP contribution in [0.1, 0.15) is 32.4 Å². The summed E-state index contributed by atoms with van der Waals surface area (Å²) in [5, 5.41) is 5.82. The highest BCUT2D eigenvalue weighted by molar-refractivity contribution is 5.92. The number of likely N-dealkylation sites (tertiary alicyclic amines) is 1. The van der Waals surface area contributed by atoms with E-state index in [0.717, 1.165) is 25.1 Å². The number of amides is 2. The molecule has 24 heavy (non-hydrogen) atoms. The Kier molecular flexibility index (Phi) is 6.73. The van der Waals surface area contributed by atoms with E-state index in [1.807, 2.05) is 19.1 Å². The van der Waals surface area contributed by atoms with Crippen LogP contribution in [0.15, 0.2) is 18.2 Å². The maximum Gasteiger partial charge on any atom is 0.234 e. The van der Waals surface area contributed by atoms with Crippen molar-refractivity contribution < 1.29 is 9.59 Å². The molecule has 1 saturated heterocycles. The van der Waals surface area contributed by atoms with Crippen molar-refractivity contribution in [3.8, 4) is 0 Å². The van der Waals surface area contributed by atoms with Gasteiger partial charge in [-0.2, -0.15) is 0 Å². The van der Waals surface area contributed by atoms with Crippen LogP contribution in [-0.2, 0) is 9.59 Å². The molecule has 1 fully saturated rings. The number of hydrogen-bond donors (Lipinski definition) is 2. The molecule has 0 aromatic carbocycles. The summed E-state index contributed by atoms with van der Waals surface area (Å²) in [5.74, 6) is 0.951. The molecule has 132 valence electrons. The summed E-state index contributed by atoms with van der Waals surface area (Å²) in [6.07, 6.45) is 1.78. The van der Waals surface area contributed by atoms with Crippen molar-refractivity contribution in [1.29, 1.82) is 0 Å². The van der Waals surface area contributed by atoms with E-state index in [0.29, 0.717) is 31.4 Å². The van der Waals surface area contributed by atoms with Crippen molar-refractivity contribution in [2.75, 3.05) is 31.5 Å². The van der Waals surface area contributed by atoms with Gasteiger partial charge in [0.25, 0.3) is 0 Å². The van der Waals surface area contributed by atoms with Gasteiger partial charge < -0.3 is 10.6 Å². The van der Waals surface area contributed by atoms with Gasteiger partial charge in [-0.15, -0.1) is 0 Å². The standard InChI is InChI=1S/C18H28N4O2/c1-13(2)10-19-17(23)12-22-9-5-7-15(11-22)18(24)21-16-8-4-6-14(3)20-16/h4,6,8,13,15H,5,7,9-12H2,1-3H3,(H,19,23)(H,20,21,24)/t15-/m1/s1. The summed E-state index contributed by atoms with van der Waals surface area (Å²) in [5.41, 5.74) is 0.875. The molecule has 1 atom stereocenters. The molecule has 2 N–H and O–H groups in total. The summed E-state index contributed by atoms with van der Waals surface area (Å²) < 4.78 is 0. The average molecular weight is 332 g/mol. The van der Waals surface area contributed by atoms with Crippen LogP contribution < -0.4 is 10.6 Å². The zero-order valence-corrected chi connectivity index (χ0v) is 14.8. The zero-order valence-electron chi connectivity index (χ0n) is 14.8. The maximum absolute atomic E-state index is 12.4. The van der Waals surface area contributed by atoms with Gasteiger partial charge in [-0.05, 0) is 44.4 Å². The second-order valence-electron chi connectivity index (χ2n) is 6.93. The molecule has 6 nitrogen and oxygen atoms in total. The Bertz CT molecular complexity index is 574. The lowest BCUT2D eigenvalue weighted by molar-refractivity contribution is -0.125. The Hall–Kier alpha value is -1.95. The molecular weight excluding hydrogens is 304 g/mol. The topological polar surface area (TPSA) is 74.3 Å². The number of nitrogens with zero attached hydrogens (tertiary/aromatic N) is 2. The highest BCUT2D eigenvalue weighted by Gasteiger charge is 2.27. The number of piperidine rings is 1. The van der Waals surface area contributed by atoms with E-state index in [1.54, 1.807) is 6.07 Å². The minimum atomic E-state index is -0.0982. The van der Waals surface area contributed by atoms with Crippen molar-refractivity contribution in [2.45, 2.75) is 33.6 Å². The van der Waals surface area contributed by atoms with Crippen LogP contribution in [0.3, 0.4) is 0 Å². The van der Waals surface area contributed by atoms with Gasteiger partial charge in [-0.3, -0.25) is 14.5 Å². The molecule has 2 heterocycles. The van der Waals surface area contributed by atoms with E-state index in [2.05, 4.69) is 34.4 Å². The van der Waals surface area contributed by atoms with Gasteiger partial charge >= 0.3 is 0 Å². The zero-order chi connectivity index (χ0) is 17.5. The highest BCUT2D eigenvalue weighted by atomic mass is 16.2. The van der Waals surface area contributed by atoms with E-state index in [4.69, 9.17) is 0 Å². The summed E-state index contributed by atoms with van der Waals surface area (Å²) in [6, 6.07) is 5.57. The lowest BCUT2D eigenvalue weighted by Gasteiger charge is -2.31. The van der Waals surface area contributed by atoms with Crippen LogP contribution in [0, 0.1) is 18.8 Å². The maximum atomic E-state index is 12.4. The fourth-order valence-corrected chi connectivity index (χ4v) is 2.83. The van der Waals surface area contributed by atoms with Crippen LogP contribution in [0.25, 0.3) is 0 Å². The molecule has 2 rings (SSSR count). The van der Waals surface area contributed by atoms with Gasteiger partial charge in [0.1, 0.15) is 5.82 Å². The molecule has 6 heteroatoms. The number of pyridine rings is 1. The van der Waals surface area contributed by atoms with Crippen LogP contribution >= 0.6 is 0 Å². The first-order chi connectivity index (χ1) is 11.4. The molecule has 0 saturated carbocycles. The molecule has 1 aromatic rings. The number of carbonyl (C=O) groups is 2.